The zero-order valence-electron chi connectivity index (χ0n) is 14.1. The maximum atomic E-state index is 11.0. The second kappa shape index (κ2) is 6.98. The summed E-state index contributed by atoms with van der Waals surface area (Å²) >= 11 is 1.63. The Bertz CT molecular complexity index is 896. The Balaban J connectivity index is 2.20. The van der Waals surface area contributed by atoms with Crippen LogP contribution in [0, 0.1) is 6.92 Å². The van der Waals surface area contributed by atoms with Crippen LogP contribution in [0.1, 0.15) is 17.4 Å². The maximum Gasteiger partial charge on any atom is 0.512 e. The molecule has 0 radical (unpaired) electrons. The Hall–Kier alpha value is -2.80. The molecule has 0 aliphatic heterocycles. The highest BCUT2D eigenvalue weighted by atomic mass is 32.1. The van der Waals surface area contributed by atoms with Gasteiger partial charge in [0.2, 0.25) is 5.88 Å². The molecule has 0 aliphatic rings. The number of carboxylic acid groups (broad SMARTS) is 1. The molecular weight excluding hydrogens is 340 g/mol. The van der Waals surface area contributed by atoms with Crippen LogP contribution in [-0.2, 0) is 6.42 Å². The van der Waals surface area contributed by atoms with Crippen molar-refractivity contribution in [2.75, 3.05) is 7.11 Å². The number of hydrogen-bond donors (Lipinski definition) is 1. The Morgan fingerprint density at radius 2 is 1.96 bits per heavy atom. The van der Waals surface area contributed by atoms with Crippen molar-refractivity contribution in [3.05, 3.63) is 46.8 Å². The molecule has 0 fully saturated rings. The van der Waals surface area contributed by atoms with E-state index in [0.717, 1.165) is 27.6 Å². The molecule has 0 unspecified atom stereocenters. The second-order valence-corrected chi connectivity index (χ2v) is 6.66. The minimum atomic E-state index is -1.37. The Morgan fingerprint density at radius 1 is 1.24 bits per heavy atom. The Kier molecular flexibility index (Phi) is 4.76. The number of ether oxygens (including phenoxy) is 2. The SMILES string of the molecule is CCc1c(OC(=O)O)nn(-c2ccc(OC)cc2)c1-c1ccc(C)s1. The van der Waals surface area contributed by atoms with Crippen molar-refractivity contribution in [1.82, 2.24) is 9.78 Å². The van der Waals surface area contributed by atoms with E-state index in [4.69, 9.17) is 14.6 Å². The van der Waals surface area contributed by atoms with Gasteiger partial charge in [-0.1, -0.05) is 6.92 Å². The molecule has 0 aliphatic carbocycles. The van der Waals surface area contributed by atoms with E-state index in [0.29, 0.717) is 6.42 Å². The van der Waals surface area contributed by atoms with Crippen molar-refractivity contribution in [2.45, 2.75) is 20.3 Å². The molecule has 2 heterocycles. The fraction of sp³-hybridized carbons (Fsp3) is 0.222. The van der Waals surface area contributed by atoms with Gasteiger partial charge in [0, 0.05) is 10.4 Å². The van der Waals surface area contributed by atoms with Gasteiger partial charge in [0.25, 0.3) is 0 Å². The lowest BCUT2D eigenvalue weighted by Crippen LogP contribution is -2.05. The first-order chi connectivity index (χ1) is 12.0. The van der Waals surface area contributed by atoms with Gasteiger partial charge in [0.05, 0.1) is 23.4 Å². The average molecular weight is 358 g/mol. The summed E-state index contributed by atoms with van der Waals surface area (Å²) in [6.45, 7) is 3.98. The zero-order chi connectivity index (χ0) is 18.0. The third kappa shape index (κ3) is 3.36. The summed E-state index contributed by atoms with van der Waals surface area (Å²) in [7, 11) is 1.61. The first kappa shape index (κ1) is 17.0. The molecule has 0 atom stereocenters. The van der Waals surface area contributed by atoms with Crippen molar-refractivity contribution in [1.29, 1.82) is 0 Å². The third-order valence-corrected chi connectivity index (χ3v) is 4.78. The first-order valence-electron chi connectivity index (χ1n) is 7.77. The first-order valence-corrected chi connectivity index (χ1v) is 8.59. The highest BCUT2D eigenvalue weighted by molar-refractivity contribution is 7.15. The van der Waals surface area contributed by atoms with E-state index in [9.17, 15) is 4.79 Å². The molecule has 1 N–H and O–H groups in total. The number of aromatic nitrogens is 2. The molecule has 0 amide bonds. The van der Waals surface area contributed by atoms with E-state index in [1.807, 2.05) is 50.2 Å². The monoisotopic (exact) mass is 358 g/mol. The highest BCUT2D eigenvalue weighted by Gasteiger charge is 2.23. The van der Waals surface area contributed by atoms with Gasteiger partial charge in [-0.3, -0.25) is 0 Å². The molecule has 0 spiro atoms. The lowest BCUT2D eigenvalue weighted by Gasteiger charge is -2.08. The quantitative estimate of drug-likeness (QED) is 0.678. The van der Waals surface area contributed by atoms with Crippen LogP contribution in [0.4, 0.5) is 4.79 Å². The lowest BCUT2D eigenvalue weighted by atomic mass is 10.1. The molecule has 130 valence electrons. The van der Waals surface area contributed by atoms with Gasteiger partial charge >= 0.3 is 6.16 Å². The summed E-state index contributed by atoms with van der Waals surface area (Å²) in [5, 5.41) is 13.4. The Morgan fingerprint density at radius 3 is 2.48 bits per heavy atom. The highest BCUT2D eigenvalue weighted by Crippen LogP contribution is 2.37. The molecular formula is C18H18N2O4S. The van der Waals surface area contributed by atoms with Crippen molar-refractivity contribution in [3.63, 3.8) is 0 Å². The lowest BCUT2D eigenvalue weighted by molar-refractivity contribution is 0.142. The van der Waals surface area contributed by atoms with Gasteiger partial charge in [0.15, 0.2) is 0 Å². The summed E-state index contributed by atoms with van der Waals surface area (Å²) in [5.74, 6) is 0.856. The van der Waals surface area contributed by atoms with Crippen LogP contribution in [0.2, 0.25) is 0 Å². The van der Waals surface area contributed by atoms with Crippen LogP contribution in [-0.4, -0.2) is 28.2 Å². The topological polar surface area (TPSA) is 73.6 Å². The molecule has 2 aromatic heterocycles. The van der Waals surface area contributed by atoms with Crippen molar-refractivity contribution >= 4 is 17.5 Å². The number of aryl methyl sites for hydroxylation is 1. The minimum Gasteiger partial charge on any atom is -0.497 e. The maximum absolute atomic E-state index is 11.0. The van der Waals surface area contributed by atoms with Gasteiger partial charge < -0.3 is 14.6 Å². The van der Waals surface area contributed by atoms with Crippen LogP contribution in [0.25, 0.3) is 16.3 Å². The van der Waals surface area contributed by atoms with Crippen molar-refractivity contribution in [2.24, 2.45) is 0 Å². The molecule has 7 heteroatoms. The van der Waals surface area contributed by atoms with Crippen LogP contribution in [0.5, 0.6) is 11.6 Å². The number of nitrogens with zero attached hydrogens (tertiary/aromatic N) is 2. The van der Waals surface area contributed by atoms with E-state index < -0.39 is 6.16 Å². The molecule has 1 aromatic carbocycles. The average Bonchev–Trinajstić information content (AvgIpc) is 3.17. The molecule has 0 saturated heterocycles. The molecule has 3 aromatic rings. The fourth-order valence-electron chi connectivity index (χ4n) is 2.64. The van der Waals surface area contributed by atoms with Crippen LogP contribution >= 0.6 is 11.3 Å². The van der Waals surface area contributed by atoms with Gasteiger partial charge in [-0.25, -0.2) is 9.48 Å². The van der Waals surface area contributed by atoms with Gasteiger partial charge in [-0.2, -0.15) is 0 Å². The van der Waals surface area contributed by atoms with Crippen LogP contribution in [0.3, 0.4) is 0 Å². The number of hydrogen-bond acceptors (Lipinski definition) is 5. The summed E-state index contributed by atoms with van der Waals surface area (Å²) in [4.78, 5) is 13.2. The number of thiophene rings is 1. The third-order valence-electron chi connectivity index (χ3n) is 3.77. The zero-order valence-corrected chi connectivity index (χ0v) is 15.0. The Labute approximate surface area is 149 Å². The summed E-state index contributed by atoms with van der Waals surface area (Å²) in [5.41, 5.74) is 2.42. The minimum absolute atomic E-state index is 0.117. The predicted molar refractivity (Wildman–Crippen MR) is 96.2 cm³/mol. The molecule has 6 nitrogen and oxygen atoms in total. The van der Waals surface area contributed by atoms with Gasteiger partial charge in [-0.15, -0.1) is 16.4 Å². The molecule has 0 saturated carbocycles. The summed E-state index contributed by atoms with van der Waals surface area (Å²) in [6.07, 6.45) is -0.770. The number of carbonyl (C=O) groups is 1. The van der Waals surface area contributed by atoms with Crippen LogP contribution in [0.15, 0.2) is 36.4 Å². The number of rotatable bonds is 5. The number of benzene rings is 1. The van der Waals surface area contributed by atoms with E-state index in [2.05, 4.69) is 5.10 Å². The van der Waals surface area contributed by atoms with E-state index >= 15 is 0 Å². The molecule has 25 heavy (non-hydrogen) atoms. The molecule has 3 rings (SSSR count). The van der Waals surface area contributed by atoms with Gasteiger partial charge in [-0.05, 0) is 49.7 Å². The van der Waals surface area contributed by atoms with Crippen molar-refractivity contribution in [3.8, 4) is 27.9 Å². The van der Waals surface area contributed by atoms with Gasteiger partial charge in [0.1, 0.15) is 5.75 Å². The normalized spacial score (nSPS) is 10.7. The molecule has 0 bridgehead atoms. The van der Waals surface area contributed by atoms with E-state index in [1.165, 1.54) is 4.88 Å². The second-order valence-electron chi connectivity index (χ2n) is 5.37. The van der Waals surface area contributed by atoms with E-state index in [-0.39, 0.29) is 5.88 Å². The predicted octanol–water partition coefficient (Wildman–Crippen LogP) is 4.54. The summed E-state index contributed by atoms with van der Waals surface area (Å²) < 4.78 is 11.8. The van der Waals surface area contributed by atoms with Crippen molar-refractivity contribution < 1.29 is 19.4 Å². The summed E-state index contributed by atoms with van der Waals surface area (Å²) in [6, 6.07) is 11.5. The largest absolute Gasteiger partial charge is 0.512 e. The smallest absolute Gasteiger partial charge is 0.497 e. The van der Waals surface area contributed by atoms with Crippen LogP contribution < -0.4 is 9.47 Å². The standard InChI is InChI=1S/C18H18N2O4S/c1-4-14-16(15-10-5-11(2)25-15)20(19-17(14)24-18(21)22)12-6-8-13(23-3)9-7-12/h5-10H,4H2,1-3H3,(H,21,22). The number of methoxy groups -OCH3 is 1. The van der Waals surface area contributed by atoms with E-state index in [1.54, 1.807) is 23.1 Å². The fourth-order valence-corrected chi connectivity index (χ4v) is 3.56.